The quantitative estimate of drug-likeness (QED) is 0.525. The molecule has 0 amide bonds. The Hall–Kier alpha value is -1.73. The van der Waals surface area contributed by atoms with Gasteiger partial charge in [-0.15, -0.1) is 0 Å². The second-order valence-corrected chi connectivity index (χ2v) is 13.6. The van der Waals surface area contributed by atoms with Gasteiger partial charge < -0.3 is 5.11 Å². The number of allylic oxidation sites excluding steroid dienone is 3. The van der Waals surface area contributed by atoms with Crippen molar-refractivity contribution in [2.75, 3.05) is 0 Å². The van der Waals surface area contributed by atoms with Gasteiger partial charge in [0.15, 0.2) is 11.6 Å². The molecule has 0 saturated heterocycles. The first-order valence-corrected chi connectivity index (χ1v) is 12.9. The first kappa shape index (κ1) is 23.0. The number of carbonyl (C=O) groups is 2. The molecule has 4 heteroatoms. The van der Waals surface area contributed by atoms with Gasteiger partial charge in [0.05, 0.1) is 5.57 Å². The number of fused-ring (bicyclic) bond motifs is 7. The molecule has 4 nitrogen and oxygen atoms in total. The van der Waals surface area contributed by atoms with Crippen LogP contribution in [0.25, 0.3) is 0 Å². The van der Waals surface area contributed by atoms with Gasteiger partial charge >= 0.3 is 0 Å². The van der Waals surface area contributed by atoms with Crippen molar-refractivity contribution in [1.82, 2.24) is 0 Å². The van der Waals surface area contributed by atoms with Crippen LogP contribution in [0.1, 0.15) is 86.5 Å². The number of nitriles is 1. The summed E-state index contributed by atoms with van der Waals surface area (Å²) in [5, 5.41) is 22.1. The molecule has 178 valence electrons. The van der Waals surface area contributed by atoms with Crippen LogP contribution < -0.4 is 0 Å². The lowest BCUT2D eigenvalue weighted by Gasteiger charge is -2.66. The first-order chi connectivity index (χ1) is 15.2. The molecule has 3 fully saturated rings. The zero-order valence-electron chi connectivity index (χ0n) is 21.1. The molecule has 0 bridgehead atoms. The second-order valence-electron chi connectivity index (χ2n) is 13.6. The van der Waals surface area contributed by atoms with E-state index in [4.69, 9.17) is 0 Å². The van der Waals surface area contributed by atoms with E-state index in [1.165, 1.54) is 0 Å². The molecule has 5 aliphatic rings. The largest absolute Gasteiger partial charge is 0.381 e. The Bertz CT molecular complexity index is 1050. The fraction of sp³-hybridized carbons (Fsp3) is 0.759. The molecule has 0 spiro atoms. The summed E-state index contributed by atoms with van der Waals surface area (Å²) in [6.07, 6.45) is 10.4. The zero-order valence-corrected chi connectivity index (χ0v) is 21.1. The van der Waals surface area contributed by atoms with E-state index in [9.17, 15) is 20.0 Å². The summed E-state index contributed by atoms with van der Waals surface area (Å²) in [6.45, 7) is 13.2. The third-order valence-corrected chi connectivity index (χ3v) is 11.3. The maximum Gasteiger partial charge on any atom is 0.187 e. The number of Topliss-reactive ketones (excluding diaryl/α,β-unsaturated/α-hetero) is 1. The van der Waals surface area contributed by atoms with Crippen molar-refractivity contribution in [2.24, 2.45) is 45.3 Å². The van der Waals surface area contributed by atoms with Gasteiger partial charge in [-0.2, -0.15) is 5.26 Å². The molecule has 0 heterocycles. The summed E-state index contributed by atoms with van der Waals surface area (Å²) in [4.78, 5) is 26.8. The molecular weight excluding hydrogens is 410 g/mol. The van der Waals surface area contributed by atoms with E-state index in [0.717, 1.165) is 50.5 Å². The molecule has 5 rings (SSSR count). The van der Waals surface area contributed by atoms with E-state index < -0.39 is 11.0 Å². The van der Waals surface area contributed by atoms with Crippen LogP contribution >= 0.6 is 0 Å². The average Bonchev–Trinajstić information content (AvgIpc) is 2.74. The molecule has 0 aliphatic heterocycles. The minimum Gasteiger partial charge on any atom is -0.381 e. The molecule has 5 aliphatic carbocycles. The molecular formula is C29H39NO3. The standard InChI is InChI=1S/C29H39NO3/c1-17-19-7-10-27(5)20-8-9-26(4)12-11-25(2,3)15-22(26)29(20,33)23(31)13-21(27)28(19,6)14-18(16-30)24(17)32/h13-14,17,19-20,22,33H,7-12,15H2,1-6H3. The number of nitrogens with zero attached hydrogens (tertiary/aromatic N) is 1. The highest BCUT2D eigenvalue weighted by Gasteiger charge is 2.69. The number of aliphatic hydroxyl groups is 1. The predicted octanol–water partition coefficient (Wildman–Crippen LogP) is 5.56. The highest BCUT2D eigenvalue weighted by Crippen LogP contribution is 2.70. The Morgan fingerprint density at radius 3 is 2.36 bits per heavy atom. The number of hydrogen-bond donors (Lipinski definition) is 1. The van der Waals surface area contributed by atoms with Gasteiger partial charge in [-0.1, -0.05) is 53.2 Å². The first-order valence-electron chi connectivity index (χ1n) is 12.9. The van der Waals surface area contributed by atoms with Gasteiger partial charge in [0.25, 0.3) is 0 Å². The van der Waals surface area contributed by atoms with Crippen molar-refractivity contribution in [1.29, 1.82) is 5.26 Å². The summed E-state index contributed by atoms with van der Waals surface area (Å²) in [5.41, 5.74) is -0.742. The lowest BCUT2D eigenvalue weighted by atomic mass is 9.38. The smallest absolute Gasteiger partial charge is 0.187 e. The predicted molar refractivity (Wildman–Crippen MR) is 127 cm³/mol. The molecule has 0 aromatic heterocycles. The van der Waals surface area contributed by atoms with Crippen LogP contribution in [0.15, 0.2) is 23.3 Å². The van der Waals surface area contributed by atoms with Crippen molar-refractivity contribution < 1.29 is 14.7 Å². The molecule has 8 atom stereocenters. The maximum absolute atomic E-state index is 14.0. The Labute approximate surface area is 198 Å². The van der Waals surface area contributed by atoms with E-state index in [1.54, 1.807) is 6.08 Å². The van der Waals surface area contributed by atoms with E-state index in [1.807, 2.05) is 13.0 Å². The summed E-state index contributed by atoms with van der Waals surface area (Å²) >= 11 is 0. The zero-order chi connectivity index (χ0) is 24.2. The Morgan fingerprint density at radius 2 is 1.70 bits per heavy atom. The summed E-state index contributed by atoms with van der Waals surface area (Å²) in [5.74, 6) is -0.494. The fourth-order valence-electron chi connectivity index (χ4n) is 9.24. The van der Waals surface area contributed by atoms with Gasteiger partial charge in [0.2, 0.25) is 0 Å². The molecule has 8 unspecified atom stereocenters. The van der Waals surface area contributed by atoms with Gasteiger partial charge in [-0.05, 0) is 73.2 Å². The number of rotatable bonds is 0. The third-order valence-electron chi connectivity index (χ3n) is 11.3. The molecule has 0 radical (unpaired) electrons. The van der Waals surface area contributed by atoms with Crippen molar-refractivity contribution in [3.8, 4) is 6.07 Å². The minimum absolute atomic E-state index is 0.00110. The summed E-state index contributed by atoms with van der Waals surface area (Å²) < 4.78 is 0. The third kappa shape index (κ3) is 2.78. The van der Waals surface area contributed by atoms with Crippen molar-refractivity contribution in [3.63, 3.8) is 0 Å². The maximum atomic E-state index is 14.0. The SMILES string of the molecule is CC1C(=O)C(C#N)=CC2(C)C3=CC(=O)C4(O)C5CC(C)(C)CCC5(C)CCC4C3(C)CCC12. The topological polar surface area (TPSA) is 78.2 Å². The van der Waals surface area contributed by atoms with E-state index >= 15 is 0 Å². The molecule has 0 aromatic carbocycles. The van der Waals surface area contributed by atoms with Gasteiger partial charge in [-0.3, -0.25) is 9.59 Å². The Balaban J connectivity index is 1.68. The lowest BCUT2D eigenvalue weighted by molar-refractivity contribution is -0.206. The van der Waals surface area contributed by atoms with Crippen LogP contribution in [0.2, 0.25) is 0 Å². The molecule has 0 aromatic rings. The van der Waals surface area contributed by atoms with Crippen molar-refractivity contribution in [2.45, 2.75) is 92.1 Å². The van der Waals surface area contributed by atoms with Crippen LogP contribution in [0.3, 0.4) is 0 Å². The van der Waals surface area contributed by atoms with Crippen LogP contribution in [-0.4, -0.2) is 22.3 Å². The monoisotopic (exact) mass is 449 g/mol. The number of ketones is 2. The van der Waals surface area contributed by atoms with Gasteiger partial charge in [0, 0.05) is 23.2 Å². The average molecular weight is 450 g/mol. The highest BCUT2D eigenvalue weighted by molar-refractivity contribution is 6.03. The van der Waals surface area contributed by atoms with Crippen molar-refractivity contribution >= 4 is 11.6 Å². The summed E-state index contributed by atoms with van der Waals surface area (Å²) in [6, 6.07) is 2.13. The Morgan fingerprint density at radius 1 is 1.00 bits per heavy atom. The summed E-state index contributed by atoms with van der Waals surface area (Å²) in [7, 11) is 0. The van der Waals surface area contributed by atoms with Crippen LogP contribution in [0.5, 0.6) is 0 Å². The fourth-order valence-corrected chi connectivity index (χ4v) is 9.24. The number of hydrogen-bond acceptors (Lipinski definition) is 4. The molecule has 1 N–H and O–H groups in total. The lowest BCUT2D eigenvalue weighted by Crippen LogP contribution is -2.68. The van der Waals surface area contributed by atoms with Gasteiger partial charge in [0.1, 0.15) is 11.7 Å². The molecule has 3 saturated carbocycles. The minimum atomic E-state index is -1.33. The van der Waals surface area contributed by atoms with E-state index in [-0.39, 0.29) is 57.1 Å². The van der Waals surface area contributed by atoms with Crippen LogP contribution in [0, 0.1) is 56.7 Å². The van der Waals surface area contributed by atoms with Crippen LogP contribution in [-0.2, 0) is 9.59 Å². The normalized spacial score (nSPS) is 50.6. The van der Waals surface area contributed by atoms with Crippen LogP contribution in [0.4, 0.5) is 0 Å². The van der Waals surface area contributed by atoms with Crippen molar-refractivity contribution in [3.05, 3.63) is 23.3 Å². The van der Waals surface area contributed by atoms with E-state index in [0.29, 0.717) is 0 Å². The van der Waals surface area contributed by atoms with Gasteiger partial charge in [-0.25, -0.2) is 0 Å². The molecule has 33 heavy (non-hydrogen) atoms. The number of carbonyl (C=O) groups excluding carboxylic acids is 2. The van der Waals surface area contributed by atoms with E-state index in [2.05, 4.69) is 40.7 Å². The second kappa shape index (κ2) is 6.69. The Kier molecular flexibility index (Phi) is 4.67. The highest BCUT2D eigenvalue weighted by atomic mass is 16.3.